The van der Waals surface area contributed by atoms with Crippen LogP contribution in [0.15, 0.2) is 0 Å². The van der Waals surface area contributed by atoms with Gasteiger partial charge in [0.25, 0.3) is 0 Å². The van der Waals surface area contributed by atoms with Crippen molar-refractivity contribution in [2.75, 3.05) is 46.2 Å². The molecule has 0 spiro atoms. The number of rotatable bonds is 24. The van der Waals surface area contributed by atoms with Gasteiger partial charge in [-0.3, -0.25) is 9.59 Å². The van der Waals surface area contributed by atoms with Crippen molar-refractivity contribution in [2.24, 2.45) is 0 Å². The maximum Gasteiger partial charge on any atom is 0.305 e. The van der Waals surface area contributed by atoms with E-state index in [0.29, 0.717) is 26.2 Å². The molecule has 223 valence electrons. The van der Waals surface area contributed by atoms with Crippen LogP contribution in [0.1, 0.15) is 118 Å². The Morgan fingerprint density at radius 2 is 1.32 bits per heavy atom. The molecule has 0 aromatic heterocycles. The van der Waals surface area contributed by atoms with Gasteiger partial charge in [-0.1, -0.05) is 84.0 Å². The first-order chi connectivity index (χ1) is 18.2. The third kappa shape index (κ3) is 16.0. The maximum atomic E-state index is 12.3. The van der Waals surface area contributed by atoms with E-state index in [1.165, 1.54) is 70.6 Å². The zero-order valence-corrected chi connectivity index (χ0v) is 24.7. The number of nitrogens with one attached hydrogen (secondary N) is 1. The molecule has 9 nitrogen and oxygen atoms in total. The number of esters is 1. The Balaban J connectivity index is 1.84. The Labute approximate surface area is 231 Å². The summed E-state index contributed by atoms with van der Waals surface area (Å²) in [5.74, 6) is -0.500. The number of hydrogen-bond acceptors (Lipinski definition) is 7. The summed E-state index contributed by atoms with van der Waals surface area (Å²) >= 11 is 0. The summed E-state index contributed by atoms with van der Waals surface area (Å²) in [6.45, 7) is 8.85. The van der Waals surface area contributed by atoms with Crippen molar-refractivity contribution < 1.29 is 33.7 Å². The average Bonchev–Trinajstić information content (AvgIpc) is 3.10. The lowest BCUT2D eigenvalue weighted by molar-refractivity contribution is -0.281. The second-order valence-corrected chi connectivity index (χ2v) is 11.2. The monoisotopic (exact) mass is 543 g/mol. The van der Waals surface area contributed by atoms with Crippen LogP contribution in [0, 0.1) is 0 Å². The van der Waals surface area contributed by atoms with E-state index in [0.717, 1.165) is 17.9 Å². The highest BCUT2D eigenvalue weighted by Gasteiger charge is 2.50. The SMILES string of the molecule is CCCCCCCCCCCCCCCC(=O)OCCOCCOCC(=O)NCC1(C)OCC(C)(C)N1[O]. The summed E-state index contributed by atoms with van der Waals surface area (Å²) in [6.07, 6.45) is 17.1. The second kappa shape index (κ2) is 20.6. The first kappa shape index (κ1) is 34.8. The van der Waals surface area contributed by atoms with Crippen molar-refractivity contribution >= 4 is 11.9 Å². The van der Waals surface area contributed by atoms with Gasteiger partial charge in [0.05, 0.1) is 38.5 Å². The highest BCUT2D eigenvalue weighted by molar-refractivity contribution is 5.77. The van der Waals surface area contributed by atoms with E-state index in [1.807, 2.05) is 0 Å². The molecule has 0 bridgehead atoms. The molecule has 1 saturated heterocycles. The summed E-state index contributed by atoms with van der Waals surface area (Å²) in [5, 5.41) is 15.9. The number of carbonyl (C=O) groups excluding carboxylic acids is 2. The van der Waals surface area contributed by atoms with Gasteiger partial charge in [-0.15, -0.1) is 10.3 Å². The van der Waals surface area contributed by atoms with Gasteiger partial charge in [0.15, 0.2) is 5.72 Å². The number of hydrogen-bond donors (Lipinski definition) is 1. The van der Waals surface area contributed by atoms with Gasteiger partial charge in [-0.25, -0.2) is 0 Å². The van der Waals surface area contributed by atoms with Crippen molar-refractivity contribution in [3.8, 4) is 0 Å². The normalized spacial score (nSPS) is 19.1. The van der Waals surface area contributed by atoms with E-state index in [9.17, 15) is 14.8 Å². The van der Waals surface area contributed by atoms with E-state index in [-0.39, 0.29) is 38.2 Å². The molecule has 1 amide bonds. The van der Waals surface area contributed by atoms with Crippen molar-refractivity contribution in [2.45, 2.75) is 129 Å². The van der Waals surface area contributed by atoms with Crippen LogP contribution in [0.25, 0.3) is 0 Å². The Bertz CT molecular complexity index is 632. The topological polar surface area (TPSA) is 106 Å². The summed E-state index contributed by atoms with van der Waals surface area (Å²) in [4.78, 5) is 23.8. The molecule has 1 heterocycles. The fourth-order valence-corrected chi connectivity index (χ4v) is 4.48. The largest absolute Gasteiger partial charge is 0.463 e. The van der Waals surface area contributed by atoms with E-state index < -0.39 is 11.3 Å². The Kier molecular flexibility index (Phi) is 18.9. The lowest BCUT2D eigenvalue weighted by Gasteiger charge is -2.32. The van der Waals surface area contributed by atoms with Crippen molar-refractivity contribution in [1.29, 1.82) is 0 Å². The third-order valence-corrected chi connectivity index (χ3v) is 6.91. The van der Waals surface area contributed by atoms with Crippen LogP contribution in [0.5, 0.6) is 0 Å². The summed E-state index contributed by atoms with van der Waals surface area (Å²) in [7, 11) is 0. The Hall–Kier alpha value is -1.26. The number of hydroxylamine groups is 2. The van der Waals surface area contributed by atoms with Gasteiger partial charge in [-0.05, 0) is 27.2 Å². The minimum atomic E-state index is -1.08. The minimum Gasteiger partial charge on any atom is -0.463 e. The van der Waals surface area contributed by atoms with E-state index in [1.54, 1.807) is 20.8 Å². The predicted molar refractivity (Wildman–Crippen MR) is 147 cm³/mol. The molecule has 9 heteroatoms. The molecule has 0 aromatic carbocycles. The number of ether oxygens (including phenoxy) is 4. The van der Waals surface area contributed by atoms with Gasteiger partial charge >= 0.3 is 5.97 Å². The Morgan fingerprint density at radius 1 is 0.789 bits per heavy atom. The quantitative estimate of drug-likeness (QED) is 0.129. The van der Waals surface area contributed by atoms with Gasteiger partial charge in [0.2, 0.25) is 5.91 Å². The smallest absolute Gasteiger partial charge is 0.305 e. The lowest BCUT2D eigenvalue weighted by Crippen LogP contribution is -2.53. The molecular formula is C29H55N2O7. The molecule has 0 saturated carbocycles. The van der Waals surface area contributed by atoms with E-state index in [4.69, 9.17) is 18.9 Å². The summed E-state index contributed by atoms with van der Waals surface area (Å²) < 4.78 is 21.5. The van der Waals surface area contributed by atoms with E-state index >= 15 is 0 Å². The highest BCUT2D eigenvalue weighted by Crippen LogP contribution is 2.32. The molecule has 1 atom stereocenters. The first-order valence-corrected chi connectivity index (χ1v) is 14.9. The molecule has 1 unspecified atom stereocenters. The van der Waals surface area contributed by atoms with Gasteiger partial charge in [0, 0.05) is 6.42 Å². The summed E-state index contributed by atoms with van der Waals surface area (Å²) in [5.41, 5.74) is -1.69. The molecule has 1 fully saturated rings. The van der Waals surface area contributed by atoms with Crippen LogP contribution in [0.4, 0.5) is 0 Å². The number of unbranched alkanes of at least 4 members (excludes halogenated alkanes) is 12. The molecule has 0 aliphatic carbocycles. The Morgan fingerprint density at radius 3 is 1.87 bits per heavy atom. The maximum absolute atomic E-state index is 12.3. The van der Waals surface area contributed by atoms with E-state index in [2.05, 4.69) is 12.2 Å². The summed E-state index contributed by atoms with van der Waals surface area (Å²) in [6, 6.07) is 0. The zero-order valence-electron chi connectivity index (χ0n) is 24.7. The molecule has 1 aliphatic rings. The van der Waals surface area contributed by atoms with Crippen LogP contribution >= 0.6 is 0 Å². The van der Waals surface area contributed by atoms with Crippen LogP contribution in [0.2, 0.25) is 0 Å². The predicted octanol–water partition coefficient (Wildman–Crippen LogP) is 5.33. The number of nitrogens with zero attached hydrogens (tertiary/aromatic N) is 1. The molecule has 1 rings (SSSR count). The van der Waals surface area contributed by atoms with Crippen molar-refractivity contribution in [3.63, 3.8) is 0 Å². The lowest BCUT2D eigenvalue weighted by atomic mass is 10.0. The van der Waals surface area contributed by atoms with Crippen LogP contribution in [-0.4, -0.2) is 74.4 Å². The van der Waals surface area contributed by atoms with Crippen LogP contribution < -0.4 is 5.32 Å². The molecular weight excluding hydrogens is 488 g/mol. The third-order valence-electron chi connectivity index (χ3n) is 6.91. The molecule has 38 heavy (non-hydrogen) atoms. The highest BCUT2D eigenvalue weighted by atomic mass is 16.6. The molecule has 1 aliphatic heterocycles. The fourth-order valence-electron chi connectivity index (χ4n) is 4.48. The second-order valence-electron chi connectivity index (χ2n) is 11.2. The van der Waals surface area contributed by atoms with Crippen molar-refractivity contribution in [3.05, 3.63) is 0 Å². The van der Waals surface area contributed by atoms with Crippen LogP contribution in [0.3, 0.4) is 0 Å². The van der Waals surface area contributed by atoms with Gasteiger partial charge in [0.1, 0.15) is 13.2 Å². The standard InChI is InChI=1S/C29H55N2O7/c1-5-6-7-8-9-10-11-12-13-14-15-16-17-18-27(33)37-22-21-35-19-20-36-23-26(32)30-24-29(4)31(34)28(2,3)25-38-29/h5-25H2,1-4H3,(H,30,32). The average molecular weight is 544 g/mol. The molecule has 1 radical (unpaired) electrons. The number of carbonyl (C=O) groups is 2. The fraction of sp³-hybridized carbons (Fsp3) is 0.931. The first-order valence-electron chi connectivity index (χ1n) is 14.9. The molecule has 1 N–H and O–H groups in total. The minimum absolute atomic E-state index is 0.0866. The molecule has 0 aromatic rings. The van der Waals surface area contributed by atoms with Gasteiger partial charge in [-0.2, -0.15) is 0 Å². The number of amides is 1. The zero-order chi connectivity index (χ0) is 28.1. The van der Waals surface area contributed by atoms with Crippen molar-refractivity contribution in [1.82, 2.24) is 10.4 Å². The van der Waals surface area contributed by atoms with Crippen LogP contribution in [-0.2, 0) is 33.7 Å². The van der Waals surface area contributed by atoms with Gasteiger partial charge < -0.3 is 24.3 Å².